The molecule has 0 unspecified atom stereocenters. The van der Waals surface area contributed by atoms with E-state index in [1.165, 1.54) is 27.2 Å². The third-order valence-corrected chi connectivity index (χ3v) is 10.7. The number of phenolic OH excluding ortho intramolecular Hbond substituents is 1. The number of nitrogens with zero attached hydrogens (tertiary/aromatic N) is 2. The molecule has 0 radical (unpaired) electrons. The zero-order valence-corrected chi connectivity index (χ0v) is 23.8. The van der Waals surface area contributed by atoms with E-state index in [0.29, 0.717) is 22.7 Å². The lowest BCUT2D eigenvalue weighted by Crippen LogP contribution is -2.48. The van der Waals surface area contributed by atoms with Gasteiger partial charge in [-0.2, -0.15) is 0 Å². The number of hydrogen-bond donors (Lipinski definition) is 1. The molecule has 7 rings (SSSR count). The molecular formula is C32H27ClN2O5S. The number of benzene rings is 2. The number of imide groups is 2. The number of fused-ring (bicyclic) bond motifs is 4. The van der Waals surface area contributed by atoms with E-state index in [1.807, 2.05) is 29.7 Å². The highest BCUT2D eigenvalue weighted by Crippen LogP contribution is 2.64. The second-order valence-corrected chi connectivity index (χ2v) is 13.0. The first kappa shape index (κ1) is 26.2. The number of carbonyl (C=O) groups excluding carboxylic acids is 4. The number of amides is 4. The second kappa shape index (κ2) is 9.39. The molecular weight excluding hydrogens is 560 g/mol. The van der Waals surface area contributed by atoms with Crippen LogP contribution in [0.4, 0.5) is 5.69 Å². The third-order valence-electron chi connectivity index (χ3n) is 9.57. The topological polar surface area (TPSA) is 95.0 Å². The fraction of sp³-hybridized carbons (Fsp3) is 0.312. The molecule has 3 fully saturated rings. The molecule has 2 saturated heterocycles. The van der Waals surface area contributed by atoms with Crippen molar-refractivity contribution in [2.75, 3.05) is 4.90 Å². The number of rotatable bonds is 4. The van der Waals surface area contributed by atoms with Crippen molar-refractivity contribution in [1.82, 2.24) is 4.90 Å². The molecule has 208 valence electrons. The van der Waals surface area contributed by atoms with E-state index >= 15 is 0 Å². The largest absolute Gasteiger partial charge is 0.508 e. The summed E-state index contributed by atoms with van der Waals surface area (Å²) in [5.41, 5.74) is 0.517. The maximum Gasteiger partial charge on any atom is 0.241 e. The molecule has 9 heteroatoms. The SMILES string of the molecule is C[C@@]12C(=O)N(c3ccccc3)C(=O)[C@@H]1C[C@@H]1C(=CC[C@@H]3C(=O)N(Cc4cccs4)C(=O)[C@@H]31)[C@@H]2c1cc(Cl)ccc1O. The van der Waals surface area contributed by atoms with E-state index in [-0.39, 0.29) is 42.3 Å². The van der Waals surface area contributed by atoms with Crippen molar-refractivity contribution in [1.29, 1.82) is 0 Å². The predicted molar refractivity (Wildman–Crippen MR) is 154 cm³/mol. The van der Waals surface area contributed by atoms with Gasteiger partial charge in [-0.1, -0.05) is 47.5 Å². The summed E-state index contributed by atoms with van der Waals surface area (Å²) < 4.78 is 0. The molecule has 41 heavy (non-hydrogen) atoms. The van der Waals surface area contributed by atoms with E-state index in [4.69, 9.17) is 11.6 Å². The van der Waals surface area contributed by atoms with Crippen LogP contribution in [-0.4, -0.2) is 33.6 Å². The minimum absolute atomic E-state index is 0.0328. The summed E-state index contributed by atoms with van der Waals surface area (Å²) >= 11 is 7.90. The van der Waals surface area contributed by atoms with Gasteiger partial charge >= 0.3 is 0 Å². The maximum atomic E-state index is 14.3. The van der Waals surface area contributed by atoms with Crippen LogP contribution in [0.25, 0.3) is 0 Å². The highest BCUT2D eigenvalue weighted by atomic mass is 35.5. The first-order chi connectivity index (χ1) is 19.7. The van der Waals surface area contributed by atoms with Crippen molar-refractivity contribution >= 4 is 52.3 Å². The molecule has 2 aliphatic heterocycles. The minimum atomic E-state index is -1.23. The van der Waals surface area contributed by atoms with Crippen LogP contribution in [0.15, 0.2) is 77.7 Å². The van der Waals surface area contributed by atoms with Gasteiger partial charge in [-0.05, 0) is 67.5 Å². The molecule has 1 aromatic heterocycles. The molecule has 3 aromatic rings. The van der Waals surface area contributed by atoms with Gasteiger partial charge in [-0.15, -0.1) is 11.3 Å². The minimum Gasteiger partial charge on any atom is -0.508 e. The quantitative estimate of drug-likeness (QED) is 0.320. The number of para-hydroxylation sites is 1. The maximum absolute atomic E-state index is 14.3. The van der Waals surface area contributed by atoms with Gasteiger partial charge in [0.2, 0.25) is 23.6 Å². The molecule has 1 N–H and O–H groups in total. The number of aromatic hydroxyl groups is 1. The van der Waals surface area contributed by atoms with Crippen LogP contribution in [0, 0.1) is 29.1 Å². The summed E-state index contributed by atoms with van der Waals surface area (Å²) in [6, 6.07) is 17.3. The van der Waals surface area contributed by atoms with E-state index in [1.54, 1.807) is 43.3 Å². The lowest BCUT2D eigenvalue weighted by molar-refractivity contribution is -0.141. The average Bonchev–Trinajstić information content (AvgIpc) is 3.62. The monoisotopic (exact) mass is 586 g/mol. The van der Waals surface area contributed by atoms with Crippen LogP contribution >= 0.6 is 22.9 Å². The zero-order valence-electron chi connectivity index (χ0n) is 22.2. The van der Waals surface area contributed by atoms with Crippen LogP contribution in [0.1, 0.15) is 36.1 Å². The number of phenols is 1. The smallest absolute Gasteiger partial charge is 0.241 e. The first-order valence-corrected chi connectivity index (χ1v) is 15.0. The van der Waals surface area contributed by atoms with E-state index in [0.717, 1.165) is 10.5 Å². The Morgan fingerprint density at radius 2 is 1.76 bits per heavy atom. The van der Waals surface area contributed by atoms with Crippen LogP contribution in [-0.2, 0) is 25.7 Å². The number of thiophene rings is 1. The Kier molecular flexibility index (Phi) is 5.99. The Morgan fingerprint density at radius 1 is 0.976 bits per heavy atom. The van der Waals surface area contributed by atoms with Crippen LogP contribution in [0.5, 0.6) is 5.75 Å². The zero-order chi connectivity index (χ0) is 28.6. The molecule has 6 atom stereocenters. The summed E-state index contributed by atoms with van der Waals surface area (Å²) in [4.78, 5) is 59.5. The molecule has 0 spiro atoms. The molecule has 4 aliphatic rings. The Morgan fingerprint density at radius 3 is 2.49 bits per heavy atom. The molecule has 4 amide bonds. The van der Waals surface area contributed by atoms with Crippen molar-refractivity contribution in [3.63, 3.8) is 0 Å². The van der Waals surface area contributed by atoms with Gasteiger partial charge in [0, 0.05) is 21.4 Å². The van der Waals surface area contributed by atoms with Crippen molar-refractivity contribution in [3.05, 3.63) is 93.2 Å². The van der Waals surface area contributed by atoms with Crippen molar-refractivity contribution in [2.45, 2.75) is 32.2 Å². The lowest BCUT2D eigenvalue weighted by Gasteiger charge is -2.49. The van der Waals surface area contributed by atoms with Crippen LogP contribution < -0.4 is 4.90 Å². The summed E-state index contributed by atoms with van der Waals surface area (Å²) in [6.45, 7) is 2.02. The van der Waals surface area contributed by atoms with Crippen molar-refractivity contribution < 1.29 is 24.3 Å². The Balaban J connectivity index is 1.36. The molecule has 2 aromatic carbocycles. The van der Waals surface area contributed by atoms with Crippen molar-refractivity contribution in [3.8, 4) is 5.75 Å². The number of allylic oxidation sites excluding steroid dienone is 2. The van der Waals surface area contributed by atoms with Gasteiger partial charge in [0.15, 0.2) is 0 Å². The first-order valence-electron chi connectivity index (χ1n) is 13.7. The normalized spacial score (nSPS) is 30.8. The summed E-state index contributed by atoms with van der Waals surface area (Å²) in [5, 5.41) is 13.4. The lowest BCUT2D eigenvalue weighted by atomic mass is 9.51. The number of carbonyl (C=O) groups is 4. The van der Waals surface area contributed by atoms with Gasteiger partial charge in [-0.25, -0.2) is 4.90 Å². The van der Waals surface area contributed by atoms with E-state index < -0.39 is 35.0 Å². The average molecular weight is 587 g/mol. The fourth-order valence-electron chi connectivity index (χ4n) is 7.72. The van der Waals surface area contributed by atoms with Crippen molar-refractivity contribution in [2.24, 2.45) is 29.1 Å². The summed E-state index contributed by atoms with van der Waals surface area (Å²) in [6.07, 6.45) is 2.59. The molecule has 3 heterocycles. The second-order valence-electron chi connectivity index (χ2n) is 11.5. The molecule has 7 nitrogen and oxygen atoms in total. The third kappa shape index (κ3) is 3.70. The van der Waals surface area contributed by atoms with Crippen LogP contribution in [0.2, 0.25) is 5.02 Å². The number of halogens is 1. The summed E-state index contributed by atoms with van der Waals surface area (Å²) in [5.74, 6) is -4.20. The Labute approximate surface area is 246 Å². The molecule has 1 saturated carbocycles. The number of anilines is 1. The Hall–Kier alpha value is -3.75. The van der Waals surface area contributed by atoms with Gasteiger partial charge in [0.25, 0.3) is 0 Å². The predicted octanol–water partition coefficient (Wildman–Crippen LogP) is 5.54. The van der Waals surface area contributed by atoms with Gasteiger partial charge in [0.05, 0.1) is 35.4 Å². The van der Waals surface area contributed by atoms with Gasteiger partial charge in [0.1, 0.15) is 5.75 Å². The standard InChI is InChI=1S/C32H27ClN2O5S/c1-32-24(29(38)35(31(32)40)18-6-3-2-4-7-18)15-22-20(27(32)23-14-17(33)9-12-25(23)36)10-11-21-26(22)30(39)34(28(21)37)16-19-8-5-13-41-19/h2-10,12-14,21-22,24,26-27,36H,11,15-16H2,1H3/t21-,22+,24-,26-,27+,32+/m0/s1. The molecule has 0 bridgehead atoms. The number of hydrogen-bond acceptors (Lipinski definition) is 6. The van der Waals surface area contributed by atoms with Crippen LogP contribution in [0.3, 0.4) is 0 Å². The fourth-order valence-corrected chi connectivity index (χ4v) is 8.59. The van der Waals surface area contributed by atoms with Gasteiger partial charge in [-0.3, -0.25) is 24.1 Å². The highest BCUT2D eigenvalue weighted by molar-refractivity contribution is 7.09. The van der Waals surface area contributed by atoms with E-state index in [2.05, 4.69) is 0 Å². The molecule has 2 aliphatic carbocycles. The van der Waals surface area contributed by atoms with E-state index in [9.17, 15) is 24.3 Å². The van der Waals surface area contributed by atoms with Gasteiger partial charge < -0.3 is 5.11 Å². The highest BCUT2D eigenvalue weighted by Gasteiger charge is 2.67. The number of likely N-dealkylation sites (tertiary alicyclic amines) is 1. The Bertz CT molecular complexity index is 1640. The summed E-state index contributed by atoms with van der Waals surface area (Å²) in [7, 11) is 0.